The fourth-order valence-electron chi connectivity index (χ4n) is 3.99. The third-order valence-corrected chi connectivity index (χ3v) is 5.78. The number of nitrogens with zero attached hydrogens (tertiary/aromatic N) is 2. The summed E-state index contributed by atoms with van der Waals surface area (Å²) in [6.45, 7) is 2.26. The molecule has 1 aliphatic carbocycles. The summed E-state index contributed by atoms with van der Waals surface area (Å²) in [5, 5.41) is 1.17. The summed E-state index contributed by atoms with van der Waals surface area (Å²) >= 11 is 0. The standard InChI is InChI=1S/C19H25N3O/c1-21-9-7-13(8-10-21)17-12-22(20)18-6-5-15(11-16(17)18)19(23)14-3-2-4-14/h5-6,11-14H,2-4,7-10,20H2,1H3. The number of likely N-dealkylation sites (tertiary alicyclic amines) is 1. The van der Waals surface area contributed by atoms with Gasteiger partial charge >= 0.3 is 0 Å². The van der Waals surface area contributed by atoms with Crippen molar-refractivity contribution < 1.29 is 4.79 Å². The Hall–Kier alpha value is -1.81. The summed E-state index contributed by atoms with van der Waals surface area (Å²) < 4.78 is 1.72. The highest BCUT2D eigenvalue weighted by Gasteiger charge is 2.27. The number of carbonyl (C=O) groups excluding carboxylic acids is 1. The molecule has 0 bridgehead atoms. The number of benzene rings is 1. The largest absolute Gasteiger partial charge is 0.339 e. The van der Waals surface area contributed by atoms with Gasteiger partial charge in [-0.25, -0.2) is 0 Å². The van der Waals surface area contributed by atoms with Gasteiger partial charge in [0, 0.05) is 23.1 Å². The number of nitrogens with two attached hydrogens (primary N) is 1. The van der Waals surface area contributed by atoms with Gasteiger partial charge in [-0.3, -0.25) is 9.47 Å². The number of nitrogen functional groups attached to an aromatic ring is 1. The molecule has 1 saturated carbocycles. The highest BCUT2D eigenvalue weighted by molar-refractivity contribution is 6.02. The van der Waals surface area contributed by atoms with E-state index in [0.29, 0.717) is 11.7 Å². The Balaban J connectivity index is 1.71. The second-order valence-electron chi connectivity index (χ2n) is 7.29. The molecule has 4 heteroatoms. The van der Waals surface area contributed by atoms with Crippen molar-refractivity contribution in [1.82, 2.24) is 9.58 Å². The SMILES string of the molecule is CN1CCC(c2cn(N)c3ccc(C(=O)C4CCC4)cc23)CC1. The number of aromatic nitrogens is 1. The van der Waals surface area contributed by atoms with Crippen LogP contribution in [0, 0.1) is 5.92 Å². The molecule has 0 spiro atoms. The van der Waals surface area contributed by atoms with Gasteiger partial charge in [-0.2, -0.15) is 0 Å². The van der Waals surface area contributed by atoms with Crippen LogP contribution in [0.5, 0.6) is 0 Å². The maximum Gasteiger partial charge on any atom is 0.165 e. The number of piperidine rings is 1. The molecular weight excluding hydrogens is 286 g/mol. The van der Waals surface area contributed by atoms with Crippen molar-refractivity contribution in [2.24, 2.45) is 5.92 Å². The summed E-state index contributed by atoms with van der Waals surface area (Å²) in [6, 6.07) is 6.05. The Morgan fingerprint density at radius 2 is 1.91 bits per heavy atom. The molecule has 1 aromatic heterocycles. The molecule has 0 atom stereocenters. The molecule has 0 amide bonds. The summed E-state index contributed by atoms with van der Waals surface area (Å²) in [5.74, 6) is 7.27. The van der Waals surface area contributed by atoms with E-state index in [1.165, 1.54) is 17.4 Å². The minimum absolute atomic E-state index is 0.249. The molecule has 4 nitrogen and oxygen atoms in total. The zero-order valence-corrected chi connectivity index (χ0v) is 13.8. The van der Waals surface area contributed by atoms with Crippen molar-refractivity contribution >= 4 is 16.7 Å². The number of ketones is 1. The summed E-state index contributed by atoms with van der Waals surface area (Å²) in [6.07, 6.45) is 7.69. The van der Waals surface area contributed by atoms with Crippen molar-refractivity contribution in [2.75, 3.05) is 26.0 Å². The van der Waals surface area contributed by atoms with E-state index in [1.54, 1.807) is 4.68 Å². The maximum absolute atomic E-state index is 12.6. The van der Waals surface area contributed by atoms with Gasteiger partial charge in [0.25, 0.3) is 0 Å². The Morgan fingerprint density at radius 1 is 1.17 bits per heavy atom. The van der Waals surface area contributed by atoms with Crippen LogP contribution >= 0.6 is 0 Å². The van der Waals surface area contributed by atoms with E-state index in [0.717, 1.165) is 49.9 Å². The Kier molecular flexibility index (Phi) is 3.64. The predicted octanol–water partition coefficient (Wildman–Crippen LogP) is 3.15. The van der Waals surface area contributed by atoms with Crippen LogP contribution < -0.4 is 5.84 Å². The summed E-state index contributed by atoms with van der Waals surface area (Å²) in [5.41, 5.74) is 3.21. The number of Topliss-reactive ketones (excluding diaryl/α,β-unsaturated/α-hetero) is 1. The number of hydrogen-bond acceptors (Lipinski definition) is 3. The molecule has 0 radical (unpaired) electrons. The van der Waals surface area contributed by atoms with Crippen LogP contribution in [-0.2, 0) is 0 Å². The molecule has 2 N–H and O–H groups in total. The molecule has 122 valence electrons. The van der Waals surface area contributed by atoms with Gasteiger partial charge in [-0.15, -0.1) is 0 Å². The normalized spacial score (nSPS) is 20.7. The predicted molar refractivity (Wildman–Crippen MR) is 93.2 cm³/mol. The van der Waals surface area contributed by atoms with Crippen LogP contribution in [-0.4, -0.2) is 35.5 Å². The van der Waals surface area contributed by atoms with E-state index < -0.39 is 0 Å². The average molecular weight is 311 g/mol. The van der Waals surface area contributed by atoms with Crippen molar-refractivity contribution in [3.63, 3.8) is 0 Å². The minimum Gasteiger partial charge on any atom is -0.339 e. The zero-order valence-electron chi connectivity index (χ0n) is 13.8. The van der Waals surface area contributed by atoms with E-state index in [-0.39, 0.29) is 5.92 Å². The van der Waals surface area contributed by atoms with Gasteiger partial charge in [0.15, 0.2) is 5.78 Å². The van der Waals surface area contributed by atoms with Gasteiger partial charge in [-0.05, 0) is 75.5 Å². The number of rotatable bonds is 3. The van der Waals surface area contributed by atoms with Crippen LogP contribution in [0.2, 0.25) is 0 Å². The quantitative estimate of drug-likeness (QED) is 0.700. The van der Waals surface area contributed by atoms with Crippen molar-refractivity contribution in [1.29, 1.82) is 0 Å². The van der Waals surface area contributed by atoms with Gasteiger partial charge in [0.05, 0.1) is 5.52 Å². The Labute approximate surface area is 137 Å². The second-order valence-corrected chi connectivity index (χ2v) is 7.29. The van der Waals surface area contributed by atoms with E-state index >= 15 is 0 Å². The number of hydrogen-bond donors (Lipinski definition) is 1. The summed E-state index contributed by atoms with van der Waals surface area (Å²) in [4.78, 5) is 14.9. The second kappa shape index (κ2) is 5.68. The van der Waals surface area contributed by atoms with E-state index in [9.17, 15) is 4.79 Å². The smallest absolute Gasteiger partial charge is 0.165 e. The Morgan fingerprint density at radius 3 is 2.57 bits per heavy atom. The zero-order chi connectivity index (χ0) is 16.0. The molecule has 0 unspecified atom stereocenters. The van der Waals surface area contributed by atoms with Crippen molar-refractivity contribution in [3.05, 3.63) is 35.5 Å². The molecule has 1 aliphatic heterocycles. The van der Waals surface area contributed by atoms with Crippen LogP contribution in [0.4, 0.5) is 0 Å². The molecular formula is C19H25N3O. The number of fused-ring (bicyclic) bond motifs is 1. The number of carbonyl (C=O) groups is 1. The highest BCUT2D eigenvalue weighted by Crippen LogP contribution is 2.35. The fourth-order valence-corrected chi connectivity index (χ4v) is 3.99. The van der Waals surface area contributed by atoms with Gasteiger partial charge in [0.2, 0.25) is 0 Å². The first-order valence-corrected chi connectivity index (χ1v) is 8.76. The Bertz CT molecular complexity index is 736. The molecule has 2 fully saturated rings. The molecule has 2 aliphatic rings. The van der Waals surface area contributed by atoms with Crippen LogP contribution in [0.1, 0.15) is 53.9 Å². The van der Waals surface area contributed by atoms with E-state index in [4.69, 9.17) is 5.84 Å². The van der Waals surface area contributed by atoms with Crippen LogP contribution in [0.15, 0.2) is 24.4 Å². The first kappa shape index (κ1) is 14.8. The lowest BCUT2D eigenvalue weighted by Crippen LogP contribution is -2.29. The molecule has 23 heavy (non-hydrogen) atoms. The van der Waals surface area contributed by atoms with Gasteiger partial charge in [-0.1, -0.05) is 6.42 Å². The third-order valence-electron chi connectivity index (χ3n) is 5.78. The lowest BCUT2D eigenvalue weighted by molar-refractivity contribution is 0.0855. The third kappa shape index (κ3) is 2.55. The van der Waals surface area contributed by atoms with Gasteiger partial charge < -0.3 is 10.7 Å². The first-order chi connectivity index (χ1) is 11.1. The van der Waals surface area contributed by atoms with Gasteiger partial charge in [0.1, 0.15) is 0 Å². The maximum atomic E-state index is 12.6. The lowest BCUT2D eigenvalue weighted by Gasteiger charge is -2.28. The lowest BCUT2D eigenvalue weighted by atomic mass is 9.79. The molecule has 1 aromatic carbocycles. The fraction of sp³-hybridized carbons (Fsp3) is 0.526. The van der Waals surface area contributed by atoms with Crippen molar-refractivity contribution in [2.45, 2.75) is 38.0 Å². The molecule has 1 saturated heterocycles. The minimum atomic E-state index is 0.249. The average Bonchev–Trinajstić information content (AvgIpc) is 2.83. The van der Waals surface area contributed by atoms with Crippen LogP contribution in [0.3, 0.4) is 0 Å². The molecule has 2 aromatic rings. The highest BCUT2D eigenvalue weighted by atomic mass is 16.1. The topological polar surface area (TPSA) is 51.3 Å². The monoisotopic (exact) mass is 311 g/mol. The first-order valence-electron chi connectivity index (χ1n) is 8.76. The molecule has 2 heterocycles. The van der Waals surface area contributed by atoms with E-state index in [1.807, 2.05) is 12.1 Å². The van der Waals surface area contributed by atoms with Crippen molar-refractivity contribution in [3.8, 4) is 0 Å². The molecule has 4 rings (SSSR count). The van der Waals surface area contributed by atoms with Crippen LogP contribution in [0.25, 0.3) is 10.9 Å². The summed E-state index contributed by atoms with van der Waals surface area (Å²) in [7, 11) is 2.18. The van der Waals surface area contributed by atoms with E-state index in [2.05, 4.69) is 24.2 Å².